The van der Waals surface area contributed by atoms with Crippen molar-refractivity contribution in [2.75, 3.05) is 33.1 Å². The molecule has 0 aliphatic carbocycles. The van der Waals surface area contributed by atoms with Crippen LogP contribution in [0.25, 0.3) is 0 Å². The highest BCUT2D eigenvalue weighted by Crippen LogP contribution is 2.09. The molecule has 0 atom stereocenters. The van der Waals surface area contributed by atoms with Gasteiger partial charge in [0.05, 0.1) is 12.8 Å². The fraction of sp³-hybridized carbons (Fsp3) is 0.500. The number of sulfonamides is 1. The largest absolute Gasteiger partial charge is 0.385 e. The predicted molar refractivity (Wildman–Crippen MR) is 81.2 cm³/mol. The molecule has 1 N–H and O–H groups in total. The van der Waals surface area contributed by atoms with Crippen molar-refractivity contribution in [1.29, 1.82) is 0 Å². The summed E-state index contributed by atoms with van der Waals surface area (Å²) in [5, 5.41) is 2.63. The van der Waals surface area contributed by atoms with Gasteiger partial charge in [-0.3, -0.25) is 4.79 Å². The number of amides is 1. The third-order valence-corrected chi connectivity index (χ3v) is 4.10. The third kappa shape index (κ3) is 6.97. The van der Waals surface area contributed by atoms with Gasteiger partial charge in [-0.25, -0.2) is 12.8 Å². The molecule has 0 bridgehead atoms. The molecule has 0 saturated carbocycles. The van der Waals surface area contributed by atoms with E-state index in [1.165, 1.54) is 24.3 Å². The van der Waals surface area contributed by atoms with E-state index in [9.17, 15) is 17.6 Å². The highest BCUT2D eigenvalue weighted by molar-refractivity contribution is 7.88. The molecule has 0 aliphatic rings. The van der Waals surface area contributed by atoms with Gasteiger partial charge in [0.2, 0.25) is 15.9 Å². The minimum Gasteiger partial charge on any atom is -0.385 e. The second-order valence-electron chi connectivity index (χ2n) is 4.85. The maximum Gasteiger partial charge on any atom is 0.235 e. The van der Waals surface area contributed by atoms with Gasteiger partial charge in [0.1, 0.15) is 5.82 Å². The molecule has 124 valence electrons. The van der Waals surface area contributed by atoms with Crippen molar-refractivity contribution < 1.29 is 22.3 Å². The second-order valence-corrected chi connectivity index (χ2v) is 6.84. The fourth-order valence-electron chi connectivity index (χ4n) is 1.74. The molecule has 0 aliphatic heterocycles. The van der Waals surface area contributed by atoms with Gasteiger partial charge < -0.3 is 10.1 Å². The summed E-state index contributed by atoms with van der Waals surface area (Å²) in [6.45, 7) is 0.681. The first kappa shape index (κ1) is 18.5. The molecule has 1 rings (SSSR count). The Balaban J connectivity index is 2.62. The number of rotatable bonds is 9. The van der Waals surface area contributed by atoms with E-state index in [0.29, 0.717) is 25.1 Å². The molecule has 0 heterocycles. The summed E-state index contributed by atoms with van der Waals surface area (Å²) in [5.41, 5.74) is 0.610. The lowest BCUT2D eigenvalue weighted by Crippen LogP contribution is -2.40. The molecule has 0 aromatic heterocycles. The monoisotopic (exact) mass is 332 g/mol. The van der Waals surface area contributed by atoms with Gasteiger partial charge in [-0.2, -0.15) is 4.31 Å². The average Bonchev–Trinajstić information content (AvgIpc) is 2.44. The van der Waals surface area contributed by atoms with Crippen LogP contribution in [0.2, 0.25) is 0 Å². The van der Waals surface area contributed by atoms with E-state index < -0.39 is 15.8 Å². The SMILES string of the molecule is COCCCNC(=O)CN(Cc1ccc(F)cc1)S(C)(=O)=O. The zero-order chi connectivity index (χ0) is 16.6. The molecule has 0 spiro atoms. The number of benzene rings is 1. The summed E-state index contributed by atoms with van der Waals surface area (Å²) in [6.07, 6.45) is 1.69. The van der Waals surface area contributed by atoms with Gasteiger partial charge >= 0.3 is 0 Å². The minimum absolute atomic E-state index is 0.0185. The third-order valence-electron chi connectivity index (χ3n) is 2.91. The van der Waals surface area contributed by atoms with Crippen molar-refractivity contribution in [2.24, 2.45) is 0 Å². The number of carbonyl (C=O) groups excluding carboxylic acids is 1. The smallest absolute Gasteiger partial charge is 0.235 e. The minimum atomic E-state index is -3.55. The molecular formula is C14H21FN2O4S. The van der Waals surface area contributed by atoms with Crippen LogP contribution in [-0.2, 0) is 26.1 Å². The van der Waals surface area contributed by atoms with Gasteiger partial charge in [-0.05, 0) is 24.1 Å². The Morgan fingerprint density at radius 2 is 1.95 bits per heavy atom. The van der Waals surface area contributed by atoms with Crippen LogP contribution in [0.4, 0.5) is 4.39 Å². The summed E-state index contributed by atoms with van der Waals surface area (Å²) in [6, 6.07) is 5.48. The van der Waals surface area contributed by atoms with Crippen LogP contribution in [-0.4, -0.2) is 51.7 Å². The van der Waals surface area contributed by atoms with Crippen LogP contribution in [0.3, 0.4) is 0 Å². The Kier molecular flexibility index (Phi) is 7.43. The predicted octanol–water partition coefficient (Wildman–Crippen LogP) is 0.740. The van der Waals surface area contributed by atoms with E-state index in [4.69, 9.17) is 4.74 Å². The van der Waals surface area contributed by atoms with Gasteiger partial charge in [-0.1, -0.05) is 12.1 Å². The lowest BCUT2D eigenvalue weighted by atomic mass is 10.2. The zero-order valence-electron chi connectivity index (χ0n) is 12.7. The van der Waals surface area contributed by atoms with Gasteiger partial charge in [0.15, 0.2) is 0 Å². The van der Waals surface area contributed by atoms with Crippen LogP contribution < -0.4 is 5.32 Å². The van der Waals surface area contributed by atoms with Crippen molar-refractivity contribution >= 4 is 15.9 Å². The maximum absolute atomic E-state index is 12.9. The molecule has 1 aromatic carbocycles. The molecule has 0 radical (unpaired) electrons. The van der Waals surface area contributed by atoms with Crippen molar-refractivity contribution in [3.8, 4) is 0 Å². The number of nitrogens with zero attached hydrogens (tertiary/aromatic N) is 1. The lowest BCUT2D eigenvalue weighted by molar-refractivity contribution is -0.121. The van der Waals surface area contributed by atoms with E-state index in [1.54, 1.807) is 7.11 Å². The summed E-state index contributed by atoms with van der Waals surface area (Å²) < 4.78 is 42.3. The van der Waals surface area contributed by atoms with Crippen molar-refractivity contribution in [3.63, 3.8) is 0 Å². The van der Waals surface area contributed by atoms with Crippen LogP contribution in [0.1, 0.15) is 12.0 Å². The standard InChI is InChI=1S/C14H21FN2O4S/c1-21-9-3-8-16-14(18)11-17(22(2,19)20)10-12-4-6-13(15)7-5-12/h4-7H,3,8-11H2,1-2H3,(H,16,18). The molecule has 0 saturated heterocycles. The maximum atomic E-state index is 12.9. The topological polar surface area (TPSA) is 75.7 Å². The summed E-state index contributed by atoms with van der Waals surface area (Å²) in [5.74, 6) is -0.783. The first-order valence-corrected chi connectivity index (χ1v) is 8.63. The number of halogens is 1. The van der Waals surface area contributed by atoms with Gasteiger partial charge in [0, 0.05) is 26.8 Å². The molecule has 1 amide bonds. The molecule has 1 aromatic rings. The highest BCUT2D eigenvalue weighted by Gasteiger charge is 2.20. The van der Waals surface area contributed by atoms with E-state index in [2.05, 4.69) is 5.32 Å². The Hall–Kier alpha value is -1.51. The second kappa shape index (κ2) is 8.82. The van der Waals surface area contributed by atoms with Crippen LogP contribution in [0, 0.1) is 5.82 Å². The number of ether oxygens (including phenoxy) is 1. The van der Waals surface area contributed by atoms with E-state index in [0.717, 1.165) is 10.6 Å². The molecule has 0 fully saturated rings. The summed E-state index contributed by atoms with van der Waals surface area (Å²) in [4.78, 5) is 11.8. The Labute approximate surface area is 130 Å². The fourth-order valence-corrected chi connectivity index (χ4v) is 2.48. The highest BCUT2D eigenvalue weighted by atomic mass is 32.2. The first-order valence-electron chi connectivity index (χ1n) is 6.78. The molecule has 22 heavy (non-hydrogen) atoms. The Morgan fingerprint density at radius 3 is 2.50 bits per heavy atom. The Bertz CT molecular complexity index is 575. The Morgan fingerprint density at radius 1 is 1.32 bits per heavy atom. The summed E-state index contributed by atoms with van der Waals surface area (Å²) >= 11 is 0. The van der Waals surface area contributed by atoms with Crippen LogP contribution in [0.15, 0.2) is 24.3 Å². The molecule has 0 unspecified atom stereocenters. The molecule has 8 heteroatoms. The quantitative estimate of drug-likeness (QED) is 0.677. The van der Waals surface area contributed by atoms with Gasteiger partial charge in [-0.15, -0.1) is 0 Å². The van der Waals surface area contributed by atoms with Crippen LogP contribution in [0.5, 0.6) is 0 Å². The van der Waals surface area contributed by atoms with E-state index >= 15 is 0 Å². The van der Waals surface area contributed by atoms with Crippen molar-refractivity contribution in [3.05, 3.63) is 35.6 Å². The number of hydrogen-bond acceptors (Lipinski definition) is 4. The number of methoxy groups -OCH3 is 1. The summed E-state index contributed by atoms with van der Waals surface area (Å²) in [7, 11) is -1.98. The molecular weight excluding hydrogens is 311 g/mol. The van der Waals surface area contributed by atoms with E-state index in [-0.39, 0.29) is 19.0 Å². The lowest BCUT2D eigenvalue weighted by Gasteiger charge is -2.19. The van der Waals surface area contributed by atoms with Crippen molar-refractivity contribution in [2.45, 2.75) is 13.0 Å². The van der Waals surface area contributed by atoms with E-state index in [1.807, 2.05) is 0 Å². The molecule has 6 nitrogen and oxygen atoms in total. The van der Waals surface area contributed by atoms with Crippen molar-refractivity contribution in [1.82, 2.24) is 9.62 Å². The average molecular weight is 332 g/mol. The number of nitrogens with one attached hydrogen (secondary N) is 1. The zero-order valence-corrected chi connectivity index (χ0v) is 13.5. The van der Waals surface area contributed by atoms with Crippen LogP contribution >= 0.6 is 0 Å². The normalized spacial score (nSPS) is 11.6. The number of hydrogen-bond donors (Lipinski definition) is 1. The first-order chi connectivity index (χ1) is 10.3. The number of carbonyl (C=O) groups is 1. The van der Waals surface area contributed by atoms with Gasteiger partial charge in [0.25, 0.3) is 0 Å².